The normalized spacial score (nSPS) is 14.9. The van der Waals surface area contributed by atoms with E-state index in [1.54, 1.807) is 6.08 Å². The van der Waals surface area contributed by atoms with Crippen molar-refractivity contribution in [3.8, 4) is 0 Å². The Balaban J connectivity index is 4.37. The number of aliphatic hydroxyl groups excluding tert-OH is 2. The summed E-state index contributed by atoms with van der Waals surface area (Å²) in [7, 11) is -4.41. The molecule has 0 spiro atoms. The van der Waals surface area contributed by atoms with E-state index in [2.05, 4.69) is 43.5 Å². The van der Waals surface area contributed by atoms with Crippen molar-refractivity contribution in [2.75, 3.05) is 19.8 Å². The van der Waals surface area contributed by atoms with Gasteiger partial charge in [-0.3, -0.25) is 13.8 Å². The summed E-state index contributed by atoms with van der Waals surface area (Å²) in [6.45, 7) is 3.95. The summed E-state index contributed by atoms with van der Waals surface area (Å²) in [5, 5.41) is 24.0. The molecule has 0 aliphatic carbocycles. The average Bonchev–Trinajstić information content (AvgIpc) is 3.16. The second-order valence-corrected chi connectivity index (χ2v) is 16.9. The van der Waals surface area contributed by atoms with Crippen LogP contribution in [0, 0.1) is 0 Å². The van der Waals surface area contributed by atoms with Crippen LogP contribution >= 0.6 is 7.82 Å². The van der Waals surface area contributed by atoms with Gasteiger partial charge < -0.3 is 26.2 Å². The molecule has 0 aromatic heterocycles. The van der Waals surface area contributed by atoms with Gasteiger partial charge in [-0.25, -0.2) is 4.57 Å². The summed E-state index contributed by atoms with van der Waals surface area (Å²) < 4.78 is 22.1. The first-order chi connectivity index (χ1) is 26.8. The molecule has 0 rings (SSSR count). The number of carbonyl (C=O) groups is 1. The summed E-state index contributed by atoms with van der Waals surface area (Å²) >= 11 is 0. The van der Waals surface area contributed by atoms with Gasteiger partial charge in [0.1, 0.15) is 0 Å². The molecular weight excluding hydrogens is 711 g/mol. The van der Waals surface area contributed by atoms with Gasteiger partial charge in [0.15, 0.2) is 0 Å². The molecule has 4 unspecified atom stereocenters. The molecule has 9 nitrogen and oxygen atoms in total. The summed E-state index contributed by atoms with van der Waals surface area (Å²) in [5.41, 5.74) is 5.36. The molecule has 324 valence electrons. The van der Waals surface area contributed by atoms with Crippen molar-refractivity contribution in [2.45, 2.75) is 225 Å². The molecule has 55 heavy (non-hydrogen) atoms. The van der Waals surface area contributed by atoms with Crippen molar-refractivity contribution in [3.63, 3.8) is 0 Å². The number of unbranched alkanes of at least 4 members (excludes halogenated alkanes) is 24. The van der Waals surface area contributed by atoms with Gasteiger partial charge in [0.05, 0.1) is 37.9 Å². The highest BCUT2D eigenvalue weighted by Gasteiger charge is 2.27. The predicted octanol–water partition coefficient (Wildman–Crippen LogP) is 11.7. The molecule has 0 radical (unpaired) electrons. The first-order valence-electron chi connectivity index (χ1n) is 22.7. The highest BCUT2D eigenvalue weighted by atomic mass is 31.2. The minimum atomic E-state index is -4.41. The van der Waals surface area contributed by atoms with Crippen LogP contribution in [-0.4, -0.2) is 59.0 Å². The molecule has 0 aromatic rings. The Labute approximate surface area is 338 Å². The van der Waals surface area contributed by atoms with Crippen molar-refractivity contribution in [1.29, 1.82) is 0 Å². The van der Waals surface area contributed by atoms with E-state index in [0.29, 0.717) is 12.8 Å². The summed E-state index contributed by atoms with van der Waals surface area (Å²) in [5.74, 6) is -0.458. The Morgan fingerprint density at radius 1 is 0.618 bits per heavy atom. The topological polar surface area (TPSA) is 151 Å². The molecule has 0 bridgehead atoms. The number of amides is 1. The van der Waals surface area contributed by atoms with Crippen LogP contribution in [0.1, 0.15) is 206 Å². The third-order valence-electron chi connectivity index (χ3n) is 10.0. The van der Waals surface area contributed by atoms with Crippen LogP contribution in [-0.2, 0) is 18.4 Å². The lowest BCUT2D eigenvalue weighted by molar-refractivity contribution is -0.124. The summed E-state index contributed by atoms with van der Waals surface area (Å²) in [6, 6.07) is -1.00. The Hall–Kier alpha value is -1.32. The molecule has 0 aromatic carbocycles. The first kappa shape index (κ1) is 53.7. The number of hydrogen-bond donors (Lipinski definition) is 5. The Bertz CT molecular complexity index is 977. The van der Waals surface area contributed by atoms with E-state index >= 15 is 0 Å². The molecule has 4 atom stereocenters. The fourth-order valence-corrected chi connectivity index (χ4v) is 7.32. The van der Waals surface area contributed by atoms with Crippen LogP contribution in [0.2, 0.25) is 0 Å². The zero-order valence-corrected chi connectivity index (χ0v) is 36.4. The molecule has 6 N–H and O–H groups in total. The van der Waals surface area contributed by atoms with Gasteiger partial charge in [-0.05, 0) is 44.9 Å². The minimum absolute atomic E-state index is 0.0428. The number of allylic oxidation sites excluding steroid dienone is 5. The lowest BCUT2D eigenvalue weighted by Crippen LogP contribution is -2.46. The van der Waals surface area contributed by atoms with Crippen LogP contribution in [0.25, 0.3) is 0 Å². The van der Waals surface area contributed by atoms with Gasteiger partial charge in [-0.1, -0.05) is 192 Å². The van der Waals surface area contributed by atoms with Crippen LogP contribution in [0.15, 0.2) is 36.5 Å². The zero-order valence-electron chi connectivity index (χ0n) is 35.5. The van der Waals surface area contributed by atoms with Crippen molar-refractivity contribution in [2.24, 2.45) is 5.73 Å². The number of rotatable bonds is 42. The molecule has 0 saturated heterocycles. The van der Waals surface area contributed by atoms with E-state index in [4.69, 9.17) is 14.8 Å². The Kier molecular flexibility index (Phi) is 39.9. The van der Waals surface area contributed by atoms with Crippen LogP contribution < -0.4 is 11.1 Å². The number of phosphoric ester groups is 1. The standard InChI is InChI=1S/C45H87N2O7P/c1-3-5-7-9-11-13-15-17-19-20-21-23-25-27-29-31-33-35-37-44(49)43(41-54-55(51,52)53-39-38-46)47-45(50)40-42(48)36-34-32-30-28-26-24-22-18-16-14-12-10-8-6-4-2/h20-21,27,29,35,37,42-44,48-49H,3-19,22-26,28,30-34,36,38-41,46H2,1-2H3,(H,47,50)(H,51,52)/b21-20+,29-27+,37-35+. The quantitative estimate of drug-likeness (QED) is 0.0233. The molecule has 0 saturated carbocycles. The van der Waals surface area contributed by atoms with Gasteiger partial charge in [-0.15, -0.1) is 0 Å². The molecule has 0 aliphatic heterocycles. The van der Waals surface area contributed by atoms with E-state index in [1.807, 2.05) is 6.08 Å². The van der Waals surface area contributed by atoms with Crippen molar-refractivity contribution in [1.82, 2.24) is 5.32 Å². The number of phosphoric acid groups is 1. The van der Waals surface area contributed by atoms with E-state index in [-0.39, 0.29) is 19.6 Å². The average molecular weight is 799 g/mol. The second-order valence-electron chi connectivity index (χ2n) is 15.4. The van der Waals surface area contributed by atoms with Gasteiger partial charge in [0.2, 0.25) is 5.91 Å². The fourth-order valence-electron chi connectivity index (χ4n) is 6.56. The van der Waals surface area contributed by atoms with Gasteiger partial charge >= 0.3 is 7.82 Å². The van der Waals surface area contributed by atoms with Crippen LogP contribution in [0.3, 0.4) is 0 Å². The lowest BCUT2D eigenvalue weighted by Gasteiger charge is -2.24. The van der Waals surface area contributed by atoms with Crippen LogP contribution in [0.4, 0.5) is 0 Å². The van der Waals surface area contributed by atoms with Crippen molar-refractivity contribution in [3.05, 3.63) is 36.5 Å². The summed E-state index contributed by atoms with van der Waals surface area (Å²) in [4.78, 5) is 22.8. The summed E-state index contributed by atoms with van der Waals surface area (Å²) in [6.07, 6.45) is 45.2. The van der Waals surface area contributed by atoms with Gasteiger partial charge in [0, 0.05) is 6.54 Å². The SMILES string of the molecule is CCCCCCCCCC/C=C/CC/C=C/CC/C=C/C(O)C(COP(=O)(O)OCCN)NC(=O)CC(O)CCCCCCCCCCCCCCCCC. The Morgan fingerprint density at radius 3 is 1.51 bits per heavy atom. The van der Waals surface area contributed by atoms with Crippen molar-refractivity contribution < 1.29 is 33.5 Å². The monoisotopic (exact) mass is 799 g/mol. The van der Waals surface area contributed by atoms with Gasteiger partial charge in [0.25, 0.3) is 0 Å². The third-order valence-corrected chi connectivity index (χ3v) is 11.0. The highest BCUT2D eigenvalue weighted by Crippen LogP contribution is 2.43. The molecule has 10 heteroatoms. The van der Waals surface area contributed by atoms with Crippen LogP contribution in [0.5, 0.6) is 0 Å². The predicted molar refractivity (Wildman–Crippen MR) is 232 cm³/mol. The van der Waals surface area contributed by atoms with E-state index in [9.17, 15) is 24.5 Å². The number of nitrogens with two attached hydrogens (primary N) is 1. The maximum Gasteiger partial charge on any atom is 0.472 e. The number of aliphatic hydroxyl groups is 2. The second kappa shape index (κ2) is 40.9. The molecule has 0 heterocycles. The minimum Gasteiger partial charge on any atom is -0.393 e. The highest BCUT2D eigenvalue weighted by molar-refractivity contribution is 7.47. The van der Waals surface area contributed by atoms with Gasteiger partial charge in [-0.2, -0.15) is 0 Å². The molecule has 0 aliphatic rings. The fraction of sp³-hybridized carbons (Fsp3) is 0.844. The van der Waals surface area contributed by atoms with E-state index in [0.717, 1.165) is 44.9 Å². The number of carbonyl (C=O) groups excluding carboxylic acids is 1. The van der Waals surface area contributed by atoms with Crippen molar-refractivity contribution >= 4 is 13.7 Å². The smallest absolute Gasteiger partial charge is 0.393 e. The Morgan fingerprint density at radius 2 is 1.04 bits per heavy atom. The lowest BCUT2D eigenvalue weighted by atomic mass is 10.0. The number of hydrogen-bond acceptors (Lipinski definition) is 7. The zero-order chi connectivity index (χ0) is 40.5. The largest absolute Gasteiger partial charge is 0.472 e. The van der Waals surface area contributed by atoms with E-state index < -0.39 is 38.6 Å². The molecular formula is C45H87N2O7P. The maximum absolute atomic E-state index is 12.8. The number of nitrogens with one attached hydrogen (secondary N) is 1. The first-order valence-corrected chi connectivity index (χ1v) is 24.2. The third kappa shape index (κ3) is 39.3. The molecule has 1 amide bonds. The molecule has 0 fully saturated rings. The maximum atomic E-state index is 12.8. The van der Waals surface area contributed by atoms with E-state index in [1.165, 1.54) is 128 Å².